The van der Waals surface area contributed by atoms with Crippen molar-refractivity contribution in [2.75, 3.05) is 23.4 Å². The molecule has 6 rings (SSSR count). The molecule has 9 nitrogen and oxygen atoms in total. The topological polar surface area (TPSA) is 101 Å². The van der Waals surface area contributed by atoms with Crippen LogP contribution in [0.4, 0.5) is 30.5 Å². The SMILES string of the molecule is Cn1c(Nc2c(Cl)ccc(CNC(=O)C(C)(C)C)c2Cl)nc2cc(C(=O)N=C3CCC(C(F)(F)F)CC3)c(N3C[C@@H]4C[C@H]3CO4)cc21. The molecule has 1 aliphatic carbocycles. The van der Waals surface area contributed by atoms with E-state index in [1.54, 1.807) is 18.2 Å². The molecule has 2 aromatic carbocycles. The third kappa shape index (κ3) is 6.82. The number of morpholine rings is 1. The van der Waals surface area contributed by atoms with Gasteiger partial charge in [0.1, 0.15) is 0 Å². The number of carbonyl (C=O) groups excluding carboxylic acids is 2. The summed E-state index contributed by atoms with van der Waals surface area (Å²) in [6.07, 6.45) is -3.20. The van der Waals surface area contributed by atoms with E-state index in [4.69, 9.17) is 32.9 Å². The highest BCUT2D eigenvalue weighted by molar-refractivity contribution is 6.39. The lowest BCUT2D eigenvalue weighted by atomic mass is 9.87. The molecule has 0 unspecified atom stereocenters. The average Bonchev–Trinajstić information content (AvgIpc) is 3.72. The predicted molar refractivity (Wildman–Crippen MR) is 177 cm³/mol. The van der Waals surface area contributed by atoms with Gasteiger partial charge in [-0.05, 0) is 55.9 Å². The van der Waals surface area contributed by atoms with E-state index in [1.165, 1.54) is 0 Å². The fraction of sp³-hybridized carbons (Fsp3) is 0.515. The van der Waals surface area contributed by atoms with E-state index < -0.39 is 23.4 Å². The van der Waals surface area contributed by atoms with Crippen molar-refractivity contribution in [2.45, 2.75) is 77.7 Å². The molecular formula is C33H37Cl2F3N6O3. The number of anilines is 3. The summed E-state index contributed by atoms with van der Waals surface area (Å²) in [5, 5.41) is 6.83. The molecular weight excluding hydrogens is 656 g/mol. The Morgan fingerprint density at radius 1 is 1.13 bits per heavy atom. The first-order valence-electron chi connectivity index (χ1n) is 15.7. The zero-order valence-corrected chi connectivity index (χ0v) is 28.1. The van der Waals surface area contributed by atoms with Gasteiger partial charge in [0.2, 0.25) is 11.9 Å². The number of rotatable bonds is 6. The van der Waals surface area contributed by atoms with Crippen LogP contribution in [0.3, 0.4) is 0 Å². The number of fused-ring (bicyclic) bond motifs is 3. The van der Waals surface area contributed by atoms with Crippen LogP contribution in [0, 0.1) is 11.3 Å². The molecule has 2 saturated heterocycles. The Bertz CT molecular complexity index is 1760. The van der Waals surface area contributed by atoms with Crippen molar-refractivity contribution >= 4 is 69.1 Å². The lowest BCUT2D eigenvalue weighted by Gasteiger charge is -2.30. The maximum atomic E-state index is 13.7. The number of benzene rings is 2. The fourth-order valence-corrected chi connectivity index (χ4v) is 6.97. The quantitative estimate of drug-likeness (QED) is 0.276. The van der Waals surface area contributed by atoms with Gasteiger partial charge in [-0.15, -0.1) is 0 Å². The van der Waals surface area contributed by atoms with Crippen LogP contribution in [0.25, 0.3) is 11.0 Å². The molecule has 47 heavy (non-hydrogen) atoms. The molecule has 2 amide bonds. The number of nitrogens with zero attached hydrogens (tertiary/aromatic N) is 4. The molecule has 3 aromatic rings. The maximum absolute atomic E-state index is 13.7. The lowest BCUT2D eigenvalue weighted by molar-refractivity contribution is -0.178. The van der Waals surface area contributed by atoms with Crippen molar-refractivity contribution in [3.05, 3.63) is 45.4 Å². The Morgan fingerprint density at radius 3 is 2.47 bits per heavy atom. The molecule has 3 fully saturated rings. The van der Waals surface area contributed by atoms with Gasteiger partial charge in [0.15, 0.2) is 0 Å². The van der Waals surface area contributed by atoms with Crippen molar-refractivity contribution in [2.24, 2.45) is 23.4 Å². The van der Waals surface area contributed by atoms with E-state index in [-0.39, 0.29) is 50.3 Å². The summed E-state index contributed by atoms with van der Waals surface area (Å²) >= 11 is 13.3. The second kappa shape index (κ2) is 12.6. The molecule has 1 saturated carbocycles. The highest BCUT2D eigenvalue weighted by Gasteiger charge is 2.42. The molecule has 2 aliphatic heterocycles. The number of aromatic nitrogens is 2. The number of amides is 2. The number of halogens is 5. The molecule has 2 bridgehead atoms. The van der Waals surface area contributed by atoms with Crippen LogP contribution < -0.4 is 15.5 Å². The van der Waals surface area contributed by atoms with Gasteiger partial charge in [0.25, 0.3) is 5.91 Å². The van der Waals surface area contributed by atoms with Crippen molar-refractivity contribution in [1.29, 1.82) is 0 Å². The van der Waals surface area contributed by atoms with Crippen molar-refractivity contribution in [3.8, 4) is 0 Å². The van der Waals surface area contributed by atoms with Gasteiger partial charge in [0, 0.05) is 31.3 Å². The van der Waals surface area contributed by atoms with E-state index in [2.05, 4.69) is 20.5 Å². The van der Waals surface area contributed by atoms with Crippen LogP contribution in [0.15, 0.2) is 29.3 Å². The first-order chi connectivity index (χ1) is 22.1. The number of nitrogens with one attached hydrogen (secondary N) is 2. The number of imidazole rings is 1. The Balaban J connectivity index is 1.32. The average molecular weight is 694 g/mol. The van der Waals surface area contributed by atoms with Gasteiger partial charge >= 0.3 is 6.18 Å². The number of ether oxygens (including phenoxy) is 1. The molecule has 2 atom stereocenters. The van der Waals surface area contributed by atoms with Crippen molar-refractivity contribution in [3.63, 3.8) is 0 Å². The summed E-state index contributed by atoms with van der Waals surface area (Å²) in [5.41, 5.74) is 3.29. The standard InChI is InChI=1S/C33H37Cl2F3N6O3/c1-32(2,3)30(46)39-14-17-5-10-23(34)28(27(17)35)42-31-41-24-12-22(29(45)40-19-8-6-18(7-9-19)33(36,37)38)25(13-26(24)43(31)4)44-15-21-11-20(44)16-47-21/h5,10,12-13,18,20-21H,6-9,11,14-16H2,1-4H3,(H,39,46)(H,41,42)/t18?,20-,21-/m0/s1. The van der Waals surface area contributed by atoms with E-state index in [9.17, 15) is 22.8 Å². The van der Waals surface area contributed by atoms with Gasteiger partial charge in [-0.25, -0.2) is 9.98 Å². The molecule has 252 valence electrons. The van der Waals surface area contributed by atoms with Gasteiger partial charge in [-0.2, -0.15) is 13.2 Å². The van der Waals surface area contributed by atoms with E-state index >= 15 is 0 Å². The number of carbonyl (C=O) groups is 2. The van der Waals surface area contributed by atoms with Crippen molar-refractivity contribution in [1.82, 2.24) is 14.9 Å². The van der Waals surface area contributed by atoms with E-state index in [0.717, 1.165) is 11.9 Å². The summed E-state index contributed by atoms with van der Waals surface area (Å²) in [6.45, 7) is 6.85. The molecule has 3 heterocycles. The maximum Gasteiger partial charge on any atom is 0.391 e. The minimum absolute atomic E-state index is 0.0658. The number of hydrogen-bond donors (Lipinski definition) is 2. The minimum Gasteiger partial charge on any atom is -0.374 e. The zero-order valence-electron chi connectivity index (χ0n) is 26.6. The summed E-state index contributed by atoms with van der Waals surface area (Å²) in [5.74, 6) is -1.57. The summed E-state index contributed by atoms with van der Waals surface area (Å²) in [7, 11) is 1.83. The van der Waals surface area contributed by atoms with Crippen LogP contribution in [0.2, 0.25) is 10.0 Å². The number of hydrogen-bond acceptors (Lipinski definition) is 6. The number of aliphatic imine (C=N–C) groups is 1. The highest BCUT2D eigenvalue weighted by atomic mass is 35.5. The highest BCUT2D eigenvalue weighted by Crippen LogP contribution is 2.40. The first kappa shape index (κ1) is 33.5. The molecule has 0 radical (unpaired) electrons. The third-order valence-electron chi connectivity index (χ3n) is 9.25. The van der Waals surface area contributed by atoms with Crippen LogP contribution in [0.5, 0.6) is 0 Å². The third-order valence-corrected chi connectivity index (χ3v) is 10.00. The van der Waals surface area contributed by atoms with Crippen LogP contribution in [-0.2, 0) is 23.1 Å². The molecule has 14 heteroatoms. The Morgan fingerprint density at radius 2 is 1.85 bits per heavy atom. The van der Waals surface area contributed by atoms with Crippen LogP contribution >= 0.6 is 23.2 Å². The largest absolute Gasteiger partial charge is 0.391 e. The second-order valence-corrected chi connectivity index (χ2v) is 14.4. The summed E-state index contributed by atoms with van der Waals surface area (Å²) in [6, 6.07) is 7.14. The van der Waals surface area contributed by atoms with Crippen LogP contribution in [-0.4, -0.2) is 58.6 Å². The van der Waals surface area contributed by atoms with Gasteiger partial charge < -0.3 is 24.8 Å². The Labute approximate surface area is 280 Å². The van der Waals surface area contributed by atoms with Gasteiger partial charge in [-0.3, -0.25) is 9.59 Å². The summed E-state index contributed by atoms with van der Waals surface area (Å²) in [4.78, 5) is 37.4. The monoisotopic (exact) mass is 692 g/mol. The normalized spacial score (nSPS) is 21.4. The Hall–Kier alpha value is -3.35. The molecule has 0 spiro atoms. The number of aryl methyl sites for hydroxylation is 1. The first-order valence-corrected chi connectivity index (χ1v) is 16.4. The summed E-state index contributed by atoms with van der Waals surface area (Å²) < 4.78 is 47.3. The van der Waals surface area contributed by atoms with Gasteiger partial charge in [0.05, 0.1) is 62.7 Å². The molecule has 3 aliphatic rings. The van der Waals surface area contributed by atoms with Crippen molar-refractivity contribution < 1.29 is 27.5 Å². The predicted octanol–water partition coefficient (Wildman–Crippen LogP) is 7.60. The Kier molecular flexibility index (Phi) is 8.99. The molecule has 2 N–H and O–H groups in total. The molecule has 1 aromatic heterocycles. The van der Waals surface area contributed by atoms with E-state index in [0.29, 0.717) is 62.9 Å². The fourth-order valence-electron chi connectivity index (χ4n) is 6.44. The van der Waals surface area contributed by atoms with Gasteiger partial charge in [-0.1, -0.05) is 50.0 Å². The lowest BCUT2D eigenvalue weighted by Crippen LogP contribution is -2.37. The second-order valence-electron chi connectivity index (χ2n) is 13.6. The minimum atomic E-state index is -4.24. The smallest absolute Gasteiger partial charge is 0.374 e. The van der Waals surface area contributed by atoms with Crippen LogP contribution in [0.1, 0.15) is 68.8 Å². The zero-order chi connectivity index (χ0) is 33.8. The number of alkyl halides is 3. The van der Waals surface area contributed by atoms with E-state index in [1.807, 2.05) is 38.5 Å².